The fourth-order valence-corrected chi connectivity index (χ4v) is 4.03. The molecular formula is C15H19N3O2S. The molecule has 112 valence electrons. The van der Waals surface area contributed by atoms with E-state index in [1.165, 1.54) is 5.56 Å². The highest BCUT2D eigenvalue weighted by atomic mass is 32.2. The van der Waals surface area contributed by atoms with Crippen molar-refractivity contribution in [3.05, 3.63) is 47.5 Å². The number of rotatable bonds is 3. The van der Waals surface area contributed by atoms with Gasteiger partial charge in [-0.05, 0) is 12.0 Å². The molecule has 0 unspecified atom stereocenters. The van der Waals surface area contributed by atoms with Crippen LogP contribution in [0.1, 0.15) is 36.5 Å². The van der Waals surface area contributed by atoms with Crippen molar-refractivity contribution in [2.75, 3.05) is 11.5 Å². The minimum Gasteiger partial charge on any atom is -0.313 e. The zero-order valence-electron chi connectivity index (χ0n) is 12.1. The van der Waals surface area contributed by atoms with E-state index in [2.05, 4.69) is 29.3 Å². The van der Waals surface area contributed by atoms with Gasteiger partial charge in [0.2, 0.25) is 0 Å². The number of hydrogen-bond donors (Lipinski definition) is 0. The van der Waals surface area contributed by atoms with E-state index in [1.54, 1.807) is 0 Å². The van der Waals surface area contributed by atoms with Gasteiger partial charge >= 0.3 is 0 Å². The predicted octanol–water partition coefficient (Wildman–Crippen LogP) is 1.79. The van der Waals surface area contributed by atoms with Crippen LogP contribution in [0.4, 0.5) is 0 Å². The standard InChI is InChI=1S/C15H19N3O2S/c1-2-13(12-6-4-3-5-7-12)15-17-16-14-8-10-21(19,20)11-9-18(14)15/h3-7,13H,2,8-11H2,1H3/t13-/m1/s1. The zero-order chi connectivity index (χ0) is 14.9. The second kappa shape index (κ2) is 5.60. The summed E-state index contributed by atoms with van der Waals surface area (Å²) in [5.74, 6) is 2.19. The number of hydrogen-bond acceptors (Lipinski definition) is 4. The lowest BCUT2D eigenvalue weighted by Gasteiger charge is -2.16. The van der Waals surface area contributed by atoms with E-state index in [0.29, 0.717) is 13.0 Å². The first kappa shape index (κ1) is 14.3. The Kier molecular flexibility index (Phi) is 3.80. The number of sulfone groups is 1. The first-order valence-corrected chi connectivity index (χ1v) is 9.10. The molecule has 0 bridgehead atoms. The highest BCUT2D eigenvalue weighted by Gasteiger charge is 2.26. The molecule has 1 atom stereocenters. The van der Waals surface area contributed by atoms with Crippen LogP contribution in [-0.4, -0.2) is 34.7 Å². The predicted molar refractivity (Wildman–Crippen MR) is 81.0 cm³/mol. The fraction of sp³-hybridized carbons (Fsp3) is 0.467. The summed E-state index contributed by atoms with van der Waals surface area (Å²) in [6.45, 7) is 2.58. The SMILES string of the molecule is CC[C@H](c1ccccc1)c1nnc2n1CCS(=O)(=O)CC2. The summed E-state index contributed by atoms with van der Waals surface area (Å²) in [6, 6.07) is 10.2. The van der Waals surface area contributed by atoms with Crippen molar-refractivity contribution in [3.63, 3.8) is 0 Å². The number of fused-ring (bicyclic) bond motifs is 1. The number of aromatic nitrogens is 3. The smallest absolute Gasteiger partial charge is 0.152 e. The lowest BCUT2D eigenvalue weighted by molar-refractivity contribution is 0.587. The number of benzene rings is 1. The molecule has 1 aromatic carbocycles. The van der Waals surface area contributed by atoms with Gasteiger partial charge in [0.1, 0.15) is 11.6 Å². The summed E-state index contributed by atoms with van der Waals surface area (Å²) in [7, 11) is -2.96. The Labute approximate surface area is 124 Å². The van der Waals surface area contributed by atoms with Gasteiger partial charge in [-0.1, -0.05) is 37.3 Å². The van der Waals surface area contributed by atoms with Gasteiger partial charge in [0.25, 0.3) is 0 Å². The van der Waals surface area contributed by atoms with Crippen LogP contribution >= 0.6 is 0 Å². The molecule has 0 aliphatic carbocycles. The van der Waals surface area contributed by atoms with E-state index in [4.69, 9.17) is 0 Å². The molecule has 0 fully saturated rings. The summed E-state index contributed by atoms with van der Waals surface area (Å²) in [6.07, 6.45) is 1.37. The van der Waals surface area contributed by atoms with Crippen LogP contribution in [0.3, 0.4) is 0 Å². The fourth-order valence-electron chi connectivity index (χ4n) is 2.87. The highest BCUT2D eigenvalue weighted by molar-refractivity contribution is 7.91. The zero-order valence-corrected chi connectivity index (χ0v) is 12.9. The second-order valence-corrected chi connectivity index (χ2v) is 7.70. The lowest BCUT2D eigenvalue weighted by Crippen LogP contribution is -2.15. The third kappa shape index (κ3) is 2.85. The van der Waals surface area contributed by atoms with Crippen molar-refractivity contribution in [1.29, 1.82) is 0 Å². The Bertz CT molecular complexity index is 723. The van der Waals surface area contributed by atoms with E-state index < -0.39 is 9.84 Å². The van der Waals surface area contributed by atoms with E-state index in [9.17, 15) is 8.42 Å². The molecule has 1 aliphatic heterocycles. The molecule has 0 saturated heterocycles. The van der Waals surface area contributed by atoms with Gasteiger partial charge < -0.3 is 4.57 Å². The van der Waals surface area contributed by atoms with Crippen LogP contribution in [0.25, 0.3) is 0 Å². The molecular weight excluding hydrogens is 286 g/mol. The van der Waals surface area contributed by atoms with Crippen molar-refractivity contribution in [2.24, 2.45) is 0 Å². The first-order chi connectivity index (χ1) is 10.1. The minimum absolute atomic E-state index is 0.160. The molecule has 6 heteroatoms. The van der Waals surface area contributed by atoms with Gasteiger partial charge in [-0.2, -0.15) is 0 Å². The van der Waals surface area contributed by atoms with Crippen molar-refractivity contribution < 1.29 is 8.42 Å². The second-order valence-electron chi connectivity index (χ2n) is 5.40. The van der Waals surface area contributed by atoms with Gasteiger partial charge in [0.05, 0.1) is 11.5 Å². The van der Waals surface area contributed by atoms with Crippen LogP contribution in [0, 0.1) is 0 Å². The number of nitrogens with zero attached hydrogens (tertiary/aromatic N) is 3. The van der Waals surface area contributed by atoms with Crippen LogP contribution in [0.15, 0.2) is 30.3 Å². The monoisotopic (exact) mass is 305 g/mol. The van der Waals surface area contributed by atoms with Crippen molar-refractivity contribution in [2.45, 2.75) is 32.2 Å². The average Bonchev–Trinajstić information content (AvgIpc) is 2.81. The van der Waals surface area contributed by atoms with E-state index in [0.717, 1.165) is 18.1 Å². The summed E-state index contributed by atoms with van der Waals surface area (Å²) >= 11 is 0. The molecule has 0 saturated carbocycles. The van der Waals surface area contributed by atoms with Crippen LogP contribution in [-0.2, 0) is 22.8 Å². The maximum absolute atomic E-state index is 11.8. The maximum atomic E-state index is 11.8. The molecule has 0 amide bonds. The number of aryl methyl sites for hydroxylation is 1. The quantitative estimate of drug-likeness (QED) is 0.867. The highest BCUT2D eigenvalue weighted by Crippen LogP contribution is 2.27. The Morgan fingerprint density at radius 2 is 1.95 bits per heavy atom. The molecule has 2 heterocycles. The summed E-state index contributed by atoms with van der Waals surface area (Å²) in [5, 5.41) is 8.58. The van der Waals surface area contributed by atoms with Gasteiger partial charge in [-0.15, -0.1) is 10.2 Å². The largest absolute Gasteiger partial charge is 0.313 e. The summed E-state index contributed by atoms with van der Waals surface area (Å²) in [5.41, 5.74) is 1.20. The van der Waals surface area contributed by atoms with Gasteiger partial charge in [-0.25, -0.2) is 8.42 Å². The van der Waals surface area contributed by atoms with Gasteiger partial charge in [-0.3, -0.25) is 0 Å². The Hall–Kier alpha value is -1.69. The van der Waals surface area contributed by atoms with Crippen LogP contribution < -0.4 is 0 Å². The van der Waals surface area contributed by atoms with Crippen molar-refractivity contribution in [1.82, 2.24) is 14.8 Å². The molecule has 0 N–H and O–H groups in total. The van der Waals surface area contributed by atoms with E-state index in [-0.39, 0.29) is 17.4 Å². The first-order valence-electron chi connectivity index (χ1n) is 7.28. The Morgan fingerprint density at radius 3 is 2.67 bits per heavy atom. The Morgan fingerprint density at radius 1 is 1.19 bits per heavy atom. The van der Waals surface area contributed by atoms with E-state index in [1.807, 2.05) is 22.8 Å². The molecule has 0 spiro atoms. The molecule has 1 aromatic heterocycles. The molecule has 2 aromatic rings. The van der Waals surface area contributed by atoms with Gasteiger partial charge in [0.15, 0.2) is 9.84 Å². The third-order valence-corrected chi connectivity index (χ3v) is 5.67. The van der Waals surface area contributed by atoms with Gasteiger partial charge in [0, 0.05) is 18.9 Å². The lowest BCUT2D eigenvalue weighted by atomic mass is 9.95. The van der Waals surface area contributed by atoms with Crippen LogP contribution in [0.5, 0.6) is 0 Å². The van der Waals surface area contributed by atoms with Crippen molar-refractivity contribution >= 4 is 9.84 Å². The normalized spacial score (nSPS) is 18.7. The minimum atomic E-state index is -2.96. The Balaban J connectivity index is 1.99. The van der Waals surface area contributed by atoms with Crippen LogP contribution in [0.2, 0.25) is 0 Å². The summed E-state index contributed by atoms with van der Waals surface area (Å²) < 4.78 is 25.6. The summed E-state index contributed by atoms with van der Waals surface area (Å²) in [4.78, 5) is 0. The van der Waals surface area contributed by atoms with Crippen molar-refractivity contribution in [3.8, 4) is 0 Å². The molecule has 21 heavy (non-hydrogen) atoms. The molecule has 0 radical (unpaired) electrons. The van der Waals surface area contributed by atoms with E-state index >= 15 is 0 Å². The average molecular weight is 305 g/mol. The molecule has 5 nitrogen and oxygen atoms in total. The third-order valence-electron chi connectivity index (χ3n) is 4.04. The molecule has 3 rings (SSSR count). The topological polar surface area (TPSA) is 64.8 Å². The maximum Gasteiger partial charge on any atom is 0.152 e. The molecule has 1 aliphatic rings.